The van der Waals surface area contributed by atoms with E-state index in [4.69, 9.17) is 0 Å². The molecule has 0 unspecified atom stereocenters. The fraction of sp³-hybridized carbons (Fsp3) is 0.529. The summed E-state index contributed by atoms with van der Waals surface area (Å²) in [6.07, 6.45) is 6.69. The Kier molecular flexibility index (Phi) is 5.64. The molecule has 0 aliphatic carbocycles. The van der Waals surface area contributed by atoms with Gasteiger partial charge in [0.15, 0.2) is 0 Å². The molecule has 110 valence electrons. The topological polar surface area (TPSA) is 0 Å². The van der Waals surface area contributed by atoms with Gasteiger partial charge in [0.1, 0.15) is 0 Å². The third kappa shape index (κ3) is 4.30. The van der Waals surface area contributed by atoms with Crippen molar-refractivity contribution in [1.29, 1.82) is 0 Å². The molecule has 0 radical (unpaired) electrons. The van der Waals surface area contributed by atoms with Crippen LogP contribution in [0.15, 0.2) is 24.3 Å². The van der Waals surface area contributed by atoms with Crippen molar-refractivity contribution < 1.29 is 0 Å². The van der Waals surface area contributed by atoms with Gasteiger partial charge in [-0.05, 0) is 35.5 Å². The summed E-state index contributed by atoms with van der Waals surface area (Å²) in [7, 11) is -1.15. The predicted octanol–water partition coefficient (Wildman–Crippen LogP) is 6.14. The lowest BCUT2D eigenvalue weighted by atomic mass is 10.1. The van der Waals surface area contributed by atoms with E-state index in [1.54, 1.807) is 9.38 Å². The molecule has 0 spiro atoms. The van der Waals surface area contributed by atoms with E-state index in [0.717, 1.165) is 0 Å². The van der Waals surface area contributed by atoms with Gasteiger partial charge in [-0.2, -0.15) is 0 Å². The van der Waals surface area contributed by atoms with Gasteiger partial charge in [-0.3, -0.25) is 0 Å². The van der Waals surface area contributed by atoms with Gasteiger partial charge in [0.2, 0.25) is 0 Å². The van der Waals surface area contributed by atoms with E-state index in [0.29, 0.717) is 0 Å². The van der Waals surface area contributed by atoms with Crippen molar-refractivity contribution >= 4 is 35.2 Å². The Labute approximate surface area is 132 Å². The summed E-state index contributed by atoms with van der Waals surface area (Å²) in [5.41, 5.74) is 0. The molecule has 2 rings (SSSR count). The second kappa shape index (κ2) is 7.06. The Hall–Kier alpha value is -0.383. The van der Waals surface area contributed by atoms with Crippen molar-refractivity contribution in [2.24, 2.45) is 0 Å². The predicted molar refractivity (Wildman–Crippen MR) is 98.5 cm³/mol. The average molecular weight is 323 g/mol. The molecule has 0 nitrogen and oxygen atoms in total. The molecule has 3 heteroatoms. The van der Waals surface area contributed by atoms with Crippen molar-refractivity contribution in [1.82, 2.24) is 0 Å². The number of unbranched alkanes of at least 4 members (excludes halogenated alkanes) is 3. The molecule has 2 aromatic heterocycles. The van der Waals surface area contributed by atoms with Crippen molar-refractivity contribution in [3.63, 3.8) is 0 Å². The first-order chi connectivity index (χ1) is 9.50. The van der Waals surface area contributed by atoms with Gasteiger partial charge in [-0.15, -0.1) is 22.7 Å². The fourth-order valence-corrected chi connectivity index (χ4v) is 6.28. The second-order valence-corrected chi connectivity index (χ2v) is 14.1. The molecule has 0 N–H and O–H groups in total. The van der Waals surface area contributed by atoms with E-state index in [1.165, 1.54) is 41.9 Å². The second-order valence-electron chi connectivity index (χ2n) is 6.49. The fourth-order valence-electron chi connectivity index (χ4n) is 2.24. The molecule has 0 saturated heterocycles. The zero-order valence-corrected chi connectivity index (χ0v) is 15.8. The first kappa shape index (κ1) is 16.0. The van der Waals surface area contributed by atoms with Gasteiger partial charge in [-0.1, -0.05) is 51.9 Å². The summed E-state index contributed by atoms with van der Waals surface area (Å²) in [6, 6.07) is 9.33. The highest BCUT2D eigenvalue weighted by atomic mass is 32.1. The minimum atomic E-state index is -1.15. The lowest BCUT2D eigenvalue weighted by Gasteiger charge is -2.12. The molecular formula is C17H26S2Si. The quantitative estimate of drug-likeness (QED) is 0.424. The molecule has 0 atom stereocenters. The third-order valence-electron chi connectivity index (χ3n) is 3.53. The van der Waals surface area contributed by atoms with Crippen molar-refractivity contribution in [3.8, 4) is 9.75 Å². The molecule has 20 heavy (non-hydrogen) atoms. The van der Waals surface area contributed by atoms with E-state index in [2.05, 4.69) is 50.8 Å². The molecule has 0 fully saturated rings. The lowest BCUT2D eigenvalue weighted by molar-refractivity contribution is 0.670. The molecule has 2 aromatic rings. The van der Waals surface area contributed by atoms with E-state index in [9.17, 15) is 0 Å². The maximum atomic E-state index is 2.43. The highest BCUT2D eigenvalue weighted by molar-refractivity contribution is 7.30. The maximum absolute atomic E-state index is 2.43. The van der Waals surface area contributed by atoms with E-state index >= 15 is 0 Å². The van der Waals surface area contributed by atoms with Crippen LogP contribution < -0.4 is 4.50 Å². The summed E-state index contributed by atoms with van der Waals surface area (Å²) in [5, 5.41) is 0. The van der Waals surface area contributed by atoms with Gasteiger partial charge in [-0.25, -0.2) is 0 Å². The Balaban J connectivity index is 2.00. The summed E-state index contributed by atoms with van der Waals surface area (Å²) >= 11 is 4.00. The smallest absolute Gasteiger partial charge is 0.0904 e. The molecule has 0 bridgehead atoms. The SMILES string of the molecule is CCCCCCc1ccc(-c2ccc([Si](C)(C)C)s2)s1. The number of aryl methyl sites for hydroxylation is 1. The van der Waals surface area contributed by atoms with Crippen LogP contribution in [-0.4, -0.2) is 8.07 Å². The minimum absolute atomic E-state index is 1.15. The molecule has 0 aromatic carbocycles. The van der Waals surface area contributed by atoms with E-state index < -0.39 is 8.07 Å². The van der Waals surface area contributed by atoms with Crippen LogP contribution in [0, 0.1) is 0 Å². The Morgan fingerprint density at radius 1 is 0.850 bits per heavy atom. The summed E-state index contributed by atoms with van der Waals surface area (Å²) in [6.45, 7) is 9.55. The van der Waals surface area contributed by atoms with E-state index in [-0.39, 0.29) is 0 Å². The van der Waals surface area contributed by atoms with Crippen LogP contribution in [0.5, 0.6) is 0 Å². The van der Waals surface area contributed by atoms with Crippen molar-refractivity contribution in [2.45, 2.75) is 58.7 Å². The molecule has 0 aliphatic heterocycles. The number of hydrogen-bond donors (Lipinski definition) is 0. The average Bonchev–Trinajstić information content (AvgIpc) is 3.02. The maximum Gasteiger partial charge on any atom is 0.0904 e. The van der Waals surface area contributed by atoms with Gasteiger partial charge >= 0.3 is 0 Å². The van der Waals surface area contributed by atoms with Crippen LogP contribution in [-0.2, 0) is 6.42 Å². The highest BCUT2D eigenvalue weighted by Crippen LogP contribution is 2.32. The zero-order chi connectivity index (χ0) is 14.6. The zero-order valence-electron chi connectivity index (χ0n) is 13.2. The number of hydrogen-bond acceptors (Lipinski definition) is 2. The van der Waals surface area contributed by atoms with Gasteiger partial charge in [0.05, 0.1) is 8.07 Å². The van der Waals surface area contributed by atoms with Crippen LogP contribution in [0.2, 0.25) is 19.6 Å². The summed E-state index contributed by atoms with van der Waals surface area (Å²) in [4.78, 5) is 4.48. The first-order valence-corrected chi connectivity index (χ1v) is 12.8. The standard InChI is InChI=1S/C17H26S2Si/c1-5-6-7-8-9-14-10-11-15(18-14)16-12-13-17(19-16)20(2,3)4/h10-13H,5-9H2,1-4H3. The minimum Gasteiger partial charge on any atom is -0.144 e. The number of thiophene rings is 2. The molecular weight excluding hydrogens is 296 g/mol. The van der Waals surface area contributed by atoms with Crippen LogP contribution in [0.25, 0.3) is 9.75 Å². The lowest BCUT2D eigenvalue weighted by Crippen LogP contribution is -2.34. The van der Waals surface area contributed by atoms with Crippen molar-refractivity contribution in [2.75, 3.05) is 0 Å². The van der Waals surface area contributed by atoms with E-state index in [1.807, 2.05) is 22.7 Å². The van der Waals surface area contributed by atoms with Crippen molar-refractivity contribution in [3.05, 3.63) is 29.1 Å². The van der Waals surface area contributed by atoms with Crippen LogP contribution in [0.3, 0.4) is 0 Å². The van der Waals surface area contributed by atoms with Crippen LogP contribution in [0.4, 0.5) is 0 Å². The first-order valence-electron chi connectivity index (χ1n) is 7.70. The monoisotopic (exact) mass is 322 g/mol. The van der Waals surface area contributed by atoms with Gasteiger partial charge in [0, 0.05) is 14.6 Å². The molecule has 0 amide bonds. The molecule has 0 aliphatic rings. The normalized spacial score (nSPS) is 12.0. The van der Waals surface area contributed by atoms with Crippen LogP contribution >= 0.6 is 22.7 Å². The highest BCUT2D eigenvalue weighted by Gasteiger charge is 2.19. The van der Waals surface area contributed by atoms with Gasteiger partial charge in [0.25, 0.3) is 0 Å². The Morgan fingerprint density at radius 3 is 2.20 bits per heavy atom. The molecule has 0 saturated carbocycles. The Bertz CT molecular complexity index is 531. The number of rotatable bonds is 7. The summed E-state index contributed by atoms with van der Waals surface area (Å²) < 4.78 is 1.62. The summed E-state index contributed by atoms with van der Waals surface area (Å²) in [5.74, 6) is 0. The van der Waals surface area contributed by atoms with Gasteiger partial charge < -0.3 is 0 Å². The third-order valence-corrected chi connectivity index (χ3v) is 9.55. The van der Waals surface area contributed by atoms with Crippen LogP contribution in [0.1, 0.15) is 37.5 Å². The Morgan fingerprint density at radius 2 is 1.55 bits per heavy atom. The molecule has 2 heterocycles. The largest absolute Gasteiger partial charge is 0.144 e.